The van der Waals surface area contributed by atoms with Crippen LogP contribution in [-0.2, 0) is 4.74 Å². The largest absolute Gasteiger partial charge is 0.449 e. The Kier molecular flexibility index (Phi) is 8.81. The van der Waals surface area contributed by atoms with E-state index in [1.165, 1.54) is 0 Å². The Morgan fingerprint density at radius 2 is 1.76 bits per heavy atom. The van der Waals surface area contributed by atoms with E-state index in [-0.39, 0.29) is 6.09 Å². The fourth-order valence-electron chi connectivity index (χ4n) is 2.26. The molecule has 2 amide bonds. The van der Waals surface area contributed by atoms with Gasteiger partial charge in [0.05, 0.1) is 6.61 Å². The molecule has 1 rings (SSSR count). The highest BCUT2D eigenvalue weighted by Gasteiger charge is 2.18. The number of hydrogen-bond acceptors (Lipinski definition) is 4. The normalized spacial score (nSPS) is 10.7. The number of anilines is 1. The van der Waals surface area contributed by atoms with Crippen LogP contribution in [0.4, 0.5) is 15.3 Å². The first-order chi connectivity index (χ1) is 11.8. The van der Waals surface area contributed by atoms with Gasteiger partial charge in [-0.25, -0.2) is 9.59 Å². The Balaban J connectivity index is 2.72. The molecule has 0 fully saturated rings. The van der Waals surface area contributed by atoms with E-state index in [1.807, 2.05) is 6.92 Å². The van der Waals surface area contributed by atoms with Crippen molar-refractivity contribution < 1.29 is 19.1 Å². The summed E-state index contributed by atoms with van der Waals surface area (Å²) in [5.41, 5.74) is 0.519. The number of benzene rings is 1. The highest BCUT2D eigenvalue weighted by molar-refractivity contribution is 5.85. The van der Waals surface area contributed by atoms with E-state index in [1.54, 1.807) is 29.2 Å². The quantitative estimate of drug-likeness (QED) is 0.734. The van der Waals surface area contributed by atoms with Gasteiger partial charge in [0.25, 0.3) is 0 Å². The van der Waals surface area contributed by atoms with Crippen LogP contribution in [0.1, 0.15) is 41.0 Å². The van der Waals surface area contributed by atoms with E-state index in [2.05, 4.69) is 33.0 Å². The van der Waals surface area contributed by atoms with E-state index < -0.39 is 6.09 Å². The van der Waals surface area contributed by atoms with Gasteiger partial charge in [-0.1, -0.05) is 40.7 Å². The first kappa shape index (κ1) is 20.8. The Hall–Kier alpha value is -2.24. The number of nitrogens with one attached hydrogen (secondary N) is 1. The predicted molar refractivity (Wildman–Crippen MR) is 99.0 cm³/mol. The van der Waals surface area contributed by atoms with Crippen molar-refractivity contribution in [3.63, 3.8) is 0 Å². The van der Waals surface area contributed by atoms with Gasteiger partial charge in [0.2, 0.25) is 0 Å². The molecule has 6 nitrogen and oxygen atoms in total. The second-order valence-corrected chi connectivity index (χ2v) is 6.85. The van der Waals surface area contributed by atoms with Crippen LogP contribution in [0.25, 0.3) is 0 Å². The van der Waals surface area contributed by atoms with Gasteiger partial charge in [-0.15, -0.1) is 0 Å². The minimum absolute atomic E-state index is 0.354. The molecule has 1 aromatic carbocycles. The van der Waals surface area contributed by atoms with Crippen molar-refractivity contribution in [3.8, 4) is 5.75 Å². The summed E-state index contributed by atoms with van der Waals surface area (Å²) in [5, 5.41) is 2.62. The fraction of sp³-hybridized carbons (Fsp3) is 0.579. The summed E-state index contributed by atoms with van der Waals surface area (Å²) in [6, 6.07) is 6.72. The van der Waals surface area contributed by atoms with E-state index in [0.717, 1.165) is 6.42 Å². The van der Waals surface area contributed by atoms with Gasteiger partial charge in [0, 0.05) is 24.8 Å². The lowest BCUT2D eigenvalue weighted by Gasteiger charge is -2.25. The maximum Gasteiger partial charge on any atom is 0.415 e. The monoisotopic (exact) mass is 350 g/mol. The number of carbonyl (C=O) groups excluding carboxylic acids is 2. The zero-order valence-corrected chi connectivity index (χ0v) is 15.9. The minimum atomic E-state index is -0.522. The third-order valence-corrected chi connectivity index (χ3v) is 3.15. The third kappa shape index (κ3) is 8.42. The Bertz CT molecular complexity index is 548. The molecule has 0 radical (unpaired) electrons. The highest BCUT2D eigenvalue weighted by Crippen LogP contribution is 2.19. The summed E-state index contributed by atoms with van der Waals surface area (Å²) in [4.78, 5) is 25.8. The molecule has 0 aliphatic heterocycles. The van der Waals surface area contributed by atoms with E-state index in [4.69, 9.17) is 9.47 Å². The lowest BCUT2D eigenvalue weighted by molar-refractivity contribution is 0.140. The molecule has 0 aliphatic rings. The summed E-state index contributed by atoms with van der Waals surface area (Å²) in [5.74, 6) is 1.09. The highest BCUT2D eigenvalue weighted by atomic mass is 16.6. The number of rotatable bonds is 8. The second kappa shape index (κ2) is 10.6. The van der Waals surface area contributed by atoms with Crippen molar-refractivity contribution in [2.45, 2.75) is 41.0 Å². The first-order valence-electron chi connectivity index (χ1n) is 8.82. The van der Waals surface area contributed by atoms with Crippen molar-refractivity contribution in [2.24, 2.45) is 11.8 Å². The summed E-state index contributed by atoms with van der Waals surface area (Å²) in [6.07, 6.45) is -0.147. The minimum Gasteiger partial charge on any atom is -0.449 e. The van der Waals surface area contributed by atoms with Gasteiger partial charge in [-0.3, -0.25) is 5.32 Å². The Morgan fingerprint density at radius 3 is 2.32 bits per heavy atom. The molecule has 1 aromatic rings. The average molecular weight is 350 g/mol. The van der Waals surface area contributed by atoms with E-state index in [9.17, 15) is 9.59 Å². The van der Waals surface area contributed by atoms with Crippen molar-refractivity contribution in [2.75, 3.05) is 25.0 Å². The van der Waals surface area contributed by atoms with Crippen molar-refractivity contribution >= 4 is 17.9 Å². The molecule has 6 heteroatoms. The van der Waals surface area contributed by atoms with Crippen LogP contribution in [0.2, 0.25) is 0 Å². The molecule has 0 atom stereocenters. The number of ether oxygens (including phenoxy) is 2. The third-order valence-electron chi connectivity index (χ3n) is 3.15. The predicted octanol–water partition coefficient (Wildman–Crippen LogP) is 4.76. The molecule has 0 aliphatic carbocycles. The van der Waals surface area contributed by atoms with E-state index in [0.29, 0.717) is 43.0 Å². The first-order valence-corrected chi connectivity index (χ1v) is 8.82. The second-order valence-electron chi connectivity index (χ2n) is 6.85. The number of hydrogen-bond donors (Lipinski definition) is 1. The molecule has 0 saturated heterocycles. The van der Waals surface area contributed by atoms with E-state index >= 15 is 0 Å². The van der Waals surface area contributed by atoms with Crippen LogP contribution in [0, 0.1) is 11.8 Å². The SMILES string of the molecule is CCCOC(=O)Nc1cccc(OC(=O)N(CC(C)C)CC(C)C)c1. The molecule has 140 valence electrons. The standard InChI is InChI=1S/C19H30N2O4/c1-6-10-24-18(22)20-16-8-7-9-17(11-16)25-19(23)21(12-14(2)3)13-15(4)5/h7-9,11,14-15H,6,10,12-13H2,1-5H3,(H,20,22). The molecule has 0 heterocycles. The van der Waals surface area contributed by atoms with Crippen LogP contribution in [0.15, 0.2) is 24.3 Å². The lowest BCUT2D eigenvalue weighted by atomic mass is 10.1. The summed E-state index contributed by atoms with van der Waals surface area (Å²) >= 11 is 0. The molecule has 0 bridgehead atoms. The number of nitrogens with zero attached hydrogens (tertiary/aromatic N) is 1. The zero-order valence-electron chi connectivity index (χ0n) is 15.9. The molecular formula is C19H30N2O4. The summed E-state index contributed by atoms with van der Waals surface area (Å²) < 4.78 is 10.5. The van der Waals surface area contributed by atoms with Crippen molar-refractivity contribution in [1.82, 2.24) is 4.90 Å². The maximum absolute atomic E-state index is 12.5. The molecule has 0 aromatic heterocycles. The topological polar surface area (TPSA) is 67.9 Å². The van der Waals surface area contributed by atoms with Gasteiger partial charge in [-0.2, -0.15) is 0 Å². The number of amides is 2. The van der Waals surface area contributed by atoms with Crippen LogP contribution in [-0.4, -0.2) is 36.8 Å². The van der Waals surface area contributed by atoms with Gasteiger partial charge in [0.15, 0.2) is 0 Å². The molecular weight excluding hydrogens is 320 g/mol. The number of carbonyl (C=O) groups is 2. The maximum atomic E-state index is 12.5. The molecule has 0 unspecified atom stereocenters. The molecule has 25 heavy (non-hydrogen) atoms. The summed E-state index contributed by atoms with van der Waals surface area (Å²) in [7, 11) is 0. The molecule has 0 saturated carbocycles. The molecule has 1 N–H and O–H groups in total. The average Bonchev–Trinajstić information content (AvgIpc) is 2.51. The van der Waals surface area contributed by atoms with Crippen LogP contribution in [0.5, 0.6) is 5.75 Å². The van der Waals surface area contributed by atoms with Gasteiger partial charge >= 0.3 is 12.2 Å². The molecule has 0 spiro atoms. The lowest BCUT2D eigenvalue weighted by Crippen LogP contribution is -2.38. The fourth-order valence-corrected chi connectivity index (χ4v) is 2.26. The van der Waals surface area contributed by atoms with Gasteiger partial charge < -0.3 is 14.4 Å². The summed E-state index contributed by atoms with van der Waals surface area (Å²) in [6.45, 7) is 11.8. The van der Waals surface area contributed by atoms with Gasteiger partial charge in [-0.05, 0) is 30.4 Å². The Labute approximate surface area is 150 Å². The van der Waals surface area contributed by atoms with Crippen molar-refractivity contribution in [1.29, 1.82) is 0 Å². The van der Waals surface area contributed by atoms with Gasteiger partial charge in [0.1, 0.15) is 5.75 Å². The Morgan fingerprint density at radius 1 is 1.12 bits per heavy atom. The van der Waals surface area contributed by atoms with Crippen LogP contribution in [0.3, 0.4) is 0 Å². The van der Waals surface area contributed by atoms with Crippen LogP contribution < -0.4 is 10.1 Å². The zero-order chi connectivity index (χ0) is 18.8. The van der Waals surface area contributed by atoms with Crippen LogP contribution >= 0.6 is 0 Å². The van der Waals surface area contributed by atoms with Crippen molar-refractivity contribution in [3.05, 3.63) is 24.3 Å². The smallest absolute Gasteiger partial charge is 0.415 e.